The summed E-state index contributed by atoms with van der Waals surface area (Å²) in [6, 6.07) is -0.760. The van der Waals surface area contributed by atoms with E-state index in [-0.39, 0.29) is 11.9 Å². The second-order valence-electron chi connectivity index (χ2n) is 5.79. The van der Waals surface area contributed by atoms with Gasteiger partial charge in [-0.05, 0) is 37.5 Å². The monoisotopic (exact) mass is 252 g/mol. The Kier molecular flexibility index (Phi) is 4.75. The highest BCUT2D eigenvalue weighted by Gasteiger charge is 2.31. The van der Waals surface area contributed by atoms with Crippen LogP contribution in [0.5, 0.6) is 0 Å². The van der Waals surface area contributed by atoms with E-state index in [1.807, 2.05) is 0 Å². The molecule has 18 heavy (non-hydrogen) atoms. The Morgan fingerprint density at radius 1 is 1.06 bits per heavy atom. The first-order valence-corrected chi connectivity index (χ1v) is 7.23. The van der Waals surface area contributed by atoms with Crippen LogP contribution in [0.4, 0.5) is 0 Å². The van der Waals surface area contributed by atoms with Gasteiger partial charge in [0.05, 0.1) is 12.1 Å². The first kappa shape index (κ1) is 13.5. The summed E-state index contributed by atoms with van der Waals surface area (Å²) in [5.41, 5.74) is 6.00. The summed E-state index contributed by atoms with van der Waals surface area (Å²) in [5, 5.41) is 2.85. The maximum absolute atomic E-state index is 12.1. The van der Waals surface area contributed by atoms with Crippen molar-refractivity contribution in [3.63, 3.8) is 0 Å². The standard InChI is InChI=1S/C14H24N2O2/c15-13(11-7-3-4-8-11)14(18)16-12(9-17)10-5-1-2-6-10/h9-13H,1-8,15H2,(H,16,18)/t12-,13+/m1/s1. The number of carbonyl (C=O) groups is 2. The molecule has 4 heteroatoms. The number of hydrogen-bond donors (Lipinski definition) is 2. The molecule has 2 atom stereocenters. The highest BCUT2D eigenvalue weighted by Crippen LogP contribution is 2.29. The molecule has 0 aromatic rings. The molecule has 2 aliphatic carbocycles. The average Bonchev–Trinajstić information content (AvgIpc) is 3.06. The molecule has 0 aromatic heterocycles. The topological polar surface area (TPSA) is 72.2 Å². The number of nitrogens with two attached hydrogens (primary N) is 1. The van der Waals surface area contributed by atoms with Crippen molar-refractivity contribution in [3.8, 4) is 0 Å². The Labute approximate surface area is 109 Å². The lowest BCUT2D eigenvalue weighted by Gasteiger charge is -2.23. The summed E-state index contributed by atoms with van der Waals surface area (Å²) in [4.78, 5) is 23.2. The Morgan fingerprint density at radius 2 is 1.56 bits per heavy atom. The SMILES string of the molecule is N[C@H](C(=O)N[C@H](C=O)C1CCCC1)C1CCCC1. The second-order valence-corrected chi connectivity index (χ2v) is 5.79. The maximum Gasteiger partial charge on any atom is 0.237 e. The van der Waals surface area contributed by atoms with E-state index in [0.717, 1.165) is 32.0 Å². The first-order chi connectivity index (χ1) is 8.72. The molecule has 2 aliphatic rings. The minimum absolute atomic E-state index is 0.133. The predicted molar refractivity (Wildman–Crippen MR) is 69.9 cm³/mol. The van der Waals surface area contributed by atoms with Crippen molar-refractivity contribution in [2.45, 2.75) is 63.5 Å². The molecule has 1 amide bonds. The molecule has 102 valence electrons. The van der Waals surface area contributed by atoms with Crippen molar-refractivity contribution >= 4 is 12.2 Å². The number of rotatable bonds is 5. The zero-order valence-electron chi connectivity index (χ0n) is 10.9. The quantitative estimate of drug-likeness (QED) is 0.726. The minimum Gasteiger partial charge on any atom is -0.345 e. The van der Waals surface area contributed by atoms with Crippen LogP contribution in [-0.4, -0.2) is 24.3 Å². The van der Waals surface area contributed by atoms with Gasteiger partial charge in [0.25, 0.3) is 0 Å². The van der Waals surface area contributed by atoms with E-state index in [1.54, 1.807) is 0 Å². The Balaban J connectivity index is 1.85. The van der Waals surface area contributed by atoms with Gasteiger partial charge in [0.1, 0.15) is 6.29 Å². The van der Waals surface area contributed by atoms with Gasteiger partial charge in [0, 0.05) is 0 Å². The molecule has 0 radical (unpaired) electrons. The summed E-state index contributed by atoms with van der Waals surface area (Å²) in [7, 11) is 0. The van der Waals surface area contributed by atoms with Crippen molar-refractivity contribution in [1.82, 2.24) is 5.32 Å². The van der Waals surface area contributed by atoms with Gasteiger partial charge in [0.15, 0.2) is 0 Å². The molecular weight excluding hydrogens is 228 g/mol. The van der Waals surface area contributed by atoms with Crippen LogP contribution >= 0.6 is 0 Å². The summed E-state index contributed by atoms with van der Waals surface area (Å²) in [5.74, 6) is 0.494. The lowest BCUT2D eigenvalue weighted by Crippen LogP contribution is -2.50. The van der Waals surface area contributed by atoms with E-state index in [1.165, 1.54) is 25.7 Å². The van der Waals surface area contributed by atoms with E-state index >= 15 is 0 Å². The predicted octanol–water partition coefficient (Wildman–Crippen LogP) is 1.38. The van der Waals surface area contributed by atoms with Crippen LogP contribution in [0.2, 0.25) is 0 Å². The molecule has 2 rings (SSSR count). The largest absolute Gasteiger partial charge is 0.345 e. The van der Waals surface area contributed by atoms with E-state index in [2.05, 4.69) is 5.32 Å². The van der Waals surface area contributed by atoms with Gasteiger partial charge in [-0.25, -0.2) is 0 Å². The van der Waals surface area contributed by atoms with Gasteiger partial charge in [0.2, 0.25) is 5.91 Å². The van der Waals surface area contributed by atoms with Gasteiger partial charge in [-0.2, -0.15) is 0 Å². The molecule has 0 unspecified atom stereocenters. The van der Waals surface area contributed by atoms with E-state index in [9.17, 15) is 9.59 Å². The van der Waals surface area contributed by atoms with E-state index < -0.39 is 6.04 Å². The highest BCUT2D eigenvalue weighted by molar-refractivity contribution is 5.84. The van der Waals surface area contributed by atoms with Crippen LogP contribution in [0.25, 0.3) is 0 Å². The summed E-state index contributed by atoms with van der Waals surface area (Å²) in [6.45, 7) is 0. The molecule has 0 spiro atoms. The molecule has 0 aromatic carbocycles. The fourth-order valence-corrected chi connectivity index (χ4v) is 3.37. The van der Waals surface area contributed by atoms with Gasteiger partial charge < -0.3 is 15.8 Å². The van der Waals surface area contributed by atoms with Crippen molar-refractivity contribution in [2.75, 3.05) is 0 Å². The van der Waals surface area contributed by atoms with Gasteiger partial charge in [-0.1, -0.05) is 25.7 Å². The number of nitrogens with one attached hydrogen (secondary N) is 1. The Hall–Kier alpha value is -0.900. The molecule has 4 nitrogen and oxygen atoms in total. The third-order valence-corrected chi connectivity index (χ3v) is 4.57. The van der Waals surface area contributed by atoms with Crippen LogP contribution in [0.3, 0.4) is 0 Å². The summed E-state index contributed by atoms with van der Waals surface area (Å²) >= 11 is 0. The van der Waals surface area contributed by atoms with Gasteiger partial charge >= 0.3 is 0 Å². The summed E-state index contributed by atoms with van der Waals surface area (Å²) < 4.78 is 0. The fourth-order valence-electron chi connectivity index (χ4n) is 3.37. The first-order valence-electron chi connectivity index (χ1n) is 7.23. The number of aldehydes is 1. The molecule has 0 aliphatic heterocycles. The van der Waals surface area contributed by atoms with E-state index in [0.29, 0.717) is 11.8 Å². The second kappa shape index (κ2) is 6.32. The highest BCUT2D eigenvalue weighted by atomic mass is 16.2. The zero-order valence-corrected chi connectivity index (χ0v) is 10.9. The van der Waals surface area contributed by atoms with Crippen molar-refractivity contribution in [3.05, 3.63) is 0 Å². The molecule has 3 N–H and O–H groups in total. The molecule has 2 saturated carbocycles. The van der Waals surface area contributed by atoms with Crippen molar-refractivity contribution in [1.29, 1.82) is 0 Å². The molecule has 2 fully saturated rings. The number of carbonyl (C=O) groups excluding carboxylic acids is 2. The molecule has 0 bridgehead atoms. The van der Waals surface area contributed by atoms with Crippen molar-refractivity contribution in [2.24, 2.45) is 17.6 Å². The van der Waals surface area contributed by atoms with Crippen LogP contribution in [0.1, 0.15) is 51.4 Å². The normalized spacial score (nSPS) is 24.9. The lowest BCUT2D eigenvalue weighted by atomic mass is 9.95. The maximum atomic E-state index is 12.1. The number of hydrogen-bond acceptors (Lipinski definition) is 3. The molecule has 0 heterocycles. The third-order valence-electron chi connectivity index (χ3n) is 4.57. The summed E-state index contributed by atoms with van der Waals surface area (Å²) in [6.07, 6.45) is 9.74. The lowest BCUT2D eigenvalue weighted by molar-refractivity contribution is -0.126. The van der Waals surface area contributed by atoms with E-state index in [4.69, 9.17) is 5.73 Å². The molecule has 0 saturated heterocycles. The molecular formula is C14H24N2O2. The van der Waals surface area contributed by atoms with Crippen LogP contribution in [0, 0.1) is 11.8 Å². The van der Waals surface area contributed by atoms with Crippen LogP contribution in [0.15, 0.2) is 0 Å². The van der Waals surface area contributed by atoms with Crippen LogP contribution in [-0.2, 0) is 9.59 Å². The van der Waals surface area contributed by atoms with Gasteiger partial charge in [-0.3, -0.25) is 4.79 Å². The Bertz CT molecular complexity index is 294. The van der Waals surface area contributed by atoms with Gasteiger partial charge in [-0.15, -0.1) is 0 Å². The third kappa shape index (κ3) is 3.10. The zero-order chi connectivity index (χ0) is 13.0. The average molecular weight is 252 g/mol. The smallest absolute Gasteiger partial charge is 0.237 e. The minimum atomic E-state index is -0.434. The number of amides is 1. The Morgan fingerprint density at radius 3 is 2.06 bits per heavy atom. The fraction of sp³-hybridized carbons (Fsp3) is 0.857. The van der Waals surface area contributed by atoms with Crippen molar-refractivity contribution < 1.29 is 9.59 Å². The van der Waals surface area contributed by atoms with Crippen LogP contribution < -0.4 is 11.1 Å².